The minimum Gasteiger partial charge on any atom is -0.454 e. The molecular weight excluding hydrogens is 572 g/mol. The van der Waals surface area contributed by atoms with Crippen molar-refractivity contribution in [2.45, 2.75) is 0 Å². The van der Waals surface area contributed by atoms with Gasteiger partial charge in [0, 0.05) is 38.6 Å². The van der Waals surface area contributed by atoms with Gasteiger partial charge < -0.3 is 13.9 Å². The summed E-state index contributed by atoms with van der Waals surface area (Å²) in [5.41, 5.74) is 8.32. The van der Waals surface area contributed by atoms with Gasteiger partial charge in [0.1, 0.15) is 5.58 Å². The summed E-state index contributed by atoms with van der Waals surface area (Å²) in [6, 6.07) is 60.7. The van der Waals surface area contributed by atoms with Gasteiger partial charge in [-0.1, -0.05) is 115 Å². The third kappa shape index (κ3) is 3.93. The highest BCUT2D eigenvalue weighted by Crippen LogP contribution is 2.49. The predicted octanol–water partition coefficient (Wildman–Crippen LogP) is 12.5. The van der Waals surface area contributed by atoms with Crippen molar-refractivity contribution in [3.63, 3.8) is 0 Å². The number of anilines is 3. The Hall–Kier alpha value is -6.32. The summed E-state index contributed by atoms with van der Waals surface area (Å²) in [4.78, 5) is 2.37. The molecule has 8 aromatic carbocycles. The van der Waals surface area contributed by atoms with Crippen LogP contribution in [0, 0.1) is 0 Å². The van der Waals surface area contributed by atoms with E-state index in [-0.39, 0.29) is 0 Å². The fraction of sp³-hybridized carbons (Fsp3) is 0. The summed E-state index contributed by atoms with van der Waals surface area (Å²) in [6.45, 7) is 0. The lowest BCUT2D eigenvalue weighted by molar-refractivity contribution is 0.669. The van der Waals surface area contributed by atoms with E-state index in [0.717, 1.165) is 50.2 Å². The second-order valence-corrected chi connectivity index (χ2v) is 12.2. The Labute approximate surface area is 271 Å². The Balaban J connectivity index is 1.39. The molecule has 0 saturated carbocycles. The normalized spacial score (nSPS) is 11.8. The molecule has 220 valence electrons. The Kier molecular flexibility index (Phi) is 5.57. The molecule has 0 N–H and O–H groups in total. The minimum absolute atomic E-state index is 0.871. The van der Waals surface area contributed by atoms with E-state index in [0.29, 0.717) is 0 Å². The van der Waals surface area contributed by atoms with Crippen LogP contribution in [0.2, 0.25) is 0 Å². The molecule has 2 heterocycles. The molecule has 2 aromatic heterocycles. The van der Waals surface area contributed by atoms with E-state index in [4.69, 9.17) is 4.42 Å². The van der Waals surface area contributed by atoms with Crippen molar-refractivity contribution < 1.29 is 4.42 Å². The number of hydrogen-bond acceptors (Lipinski definition) is 2. The van der Waals surface area contributed by atoms with Gasteiger partial charge in [-0.15, -0.1) is 0 Å². The van der Waals surface area contributed by atoms with Crippen molar-refractivity contribution in [2.75, 3.05) is 4.90 Å². The molecule has 0 atom stereocenters. The van der Waals surface area contributed by atoms with E-state index in [1.807, 2.05) is 0 Å². The van der Waals surface area contributed by atoms with Crippen LogP contribution in [-0.4, -0.2) is 4.57 Å². The standard InChI is InChI=1S/C44H28N2O/c1-2-16-33(17-3-1)46-38-20-10-8-18-36(38)42-39(46)28-40(44-43(42)37-19-9-11-21-41(37)47-44)45(34-24-22-29-12-4-6-14-31(29)26-34)35-25-23-30-13-5-7-15-32(30)27-35/h1-28H. The summed E-state index contributed by atoms with van der Waals surface area (Å²) in [5, 5.41) is 9.45. The molecule has 0 saturated heterocycles. The van der Waals surface area contributed by atoms with Gasteiger partial charge in [0.05, 0.1) is 16.7 Å². The molecular formula is C44H28N2O. The summed E-state index contributed by atoms with van der Waals surface area (Å²) in [6.07, 6.45) is 0. The quantitative estimate of drug-likeness (QED) is 0.200. The Morgan fingerprint density at radius 1 is 0.426 bits per heavy atom. The predicted molar refractivity (Wildman–Crippen MR) is 198 cm³/mol. The summed E-state index contributed by atoms with van der Waals surface area (Å²) < 4.78 is 9.30. The smallest absolute Gasteiger partial charge is 0.160 e. The lowest BCUT2D eigenvalue weighted by Crippen LogP contribution is -2.10. The number of fused-ring (bicyclic) bond motifs is 9. The minimum atomic E-state index is 0.871. The summed E-state index contributed by atoms with van der Waals surface area (Å²) >= 11 is 0. The number of furan rings is 1. The maximum Gasteiger partial charge on any atom is 0.160 e. The fourth-order valence-corrected chi connectivity index (χ4v) is 7.41. The average Bonchev–Trinajstić information content (AvgIpc) is 3.68. The molecule has 10 aromatic rings. The van der Waals surface area contributed by atoms with Gasteiger partial charge in [0.2, 0.25) is 0 Å². The second kappa shape index (κ2) is 10.1. The third-order valence-corrected chi connectivity index (χ3v) is 9.50. The van der Waals surface area contributed by atoms with Crippen molar-refractivity contribution in [3.05, 3.63) is 170 Å². The van der Waals surface area contributed by atoms with Crippen LogP contribution in [0.3, 0.4) is 0 Å². The second-order valence-electron chi connectivity index (χ2n) is 12.2. The van der Waals surface area contributed by atoms with Gasteiger partial charge in [0.25, 0.3) is 0 Å². The number of nitrogens with zero attached hydrogens (tertiary/aromatic N) is 2. The Morgan fingerprint density at radius 2 is 1.00 bits per heavy atom. The van der Waals surface area contributed by atoms with Crippen molar-refractivity contribution in [1.29, 1.82) is 0 Å². The number of rotatable bonds is 4. The van der Waals surface area contributed by atoms with Crippen molar-refractivity contribution >= 4 is 82.4 Å². The SMILES string of the molecule is c1ccc(-n2c3ccccc3c3c4c(oc5ccccc54)c(N(c4ccc5ccccc5c4)c4ccc5ccccc5c4)cc32)cc1. The molecule has 3 heteroatoms. The highest BCUT2D eigenvalue weighted by atomic mass is 16.3. The molecule has 0 amide bonds. The molecule has 0 unspecified atom stereocenters. The van der Waals surface area contributed by atoms with Gasteiger partial charge in [-0.2, -0.15) is 0 Å². The van der Waals surface area contributed by atoms with E-state index in [1.54, 1.807) is 0 Å². The van der Waals surface area contributed by atoms with Gasteiger partial charge in [-0.25, -0.2) is 0 Å². The van der Waals surface area contributed by atoms with Gasteiger partial charge in [0.15, 0.2) is 5.58 Å². The van der Waals surface area contributed by atoms with Gasteiger partial charge in [-0.3, -0.25) is 0 Å². The number of hydrogen-bond donors (Lipinski definition) is 0. The highest BCUT2D eigenvalue weighted by Gasteiger charge is 2.25. The lowest BCUT2D eigenvalue weighted by atomic mass is 10.0. The van der Waals surface area contributed by atoms with Crippen LogP contribution < -0.4 is 4.90 Å². The monoisotopic (exact) mass is 600 g/mol. The highest BCUT2D eigenvalue weighted by molar-refractivity contribution is 6.30. The fourth-order valence-electron chi connectivity index (χ4n) is 7.41. The van der Waals surface area contributed by atoms with Gasteiger partial charge in [-0.05, 0) is 76.1 Å². The van der Waals surface area contributed by atoms with Crippen LogP contribution in [0.1, 0.15) is 0 Å². The molecule has 3 nitrogen and oxygen atoms in total. The molecule has 0 aliphatic rings. The molecule has 47 heavy (non-hydrogen) atoms. The maximum atomic E-state index is 6.90. The van der Waals surface area contributed by atoms with Crippen molar-refractivity contribution in [3.8, 4) is 5.69 Å². The van der Waals surface area contributed by atoms with Crippen molar-refractivity contribution in [2.24, 2.45) is 0 Å². The molecule has 10 rings (SSSR count). The molecule has 0 aliphatic heterocycles. The van der Waals surface area contributed by atoms with Crippen LogP contribution in [0.15, 0.2) is 174 Å². The lowest BCUT2D eigenvalue weighted by Gasteiger charge is -2.27. The van der Waals surface area contributed by atoms with Crippen LogP contribution in [0.25, 0.3) is 71.0 Å². The zero-order valence-electron chi connectivity index (χ0n) is 25.5. The van der Waals surface area contributed by atoms with Crippen molar-refractivity contribution in [1.82, 2.24) is 4.57 Å². The first-order chi connectivity index (χ1) is 23.3. The zero-order valence-corrected chi connectivity index (χ0v) is 25.5. The molecule has 0 aliphatic carbocycles. The molecule has 0 spiro atoms. The molecule has 0 radical (unpaired) electrons. The Bertz CT molecular complexity index is 2730. The van der Waals surface area contributed by atoms with E-state index < -0.39 is 0 Å². The van der Waals surface area contributed by atoms with Gasteiger partial charge >= 0.3 is 0 Å². The first-order valence-electron chi connectivity index (χ1n) is 16.0. The largest absolute Gasteiger partial charge is 0.454 e. The van der Waals surface area contributed by atoms with Crippen LogP contribution >= 0.6 is 0 Å². The molecule has 0 fully saturated rings. The van der Waals surface area contributed by atoms with Crippen LogP contribution in [-0.2, 0) is 0 Å². The number of aromatic nitrogens is 1. The van der Waals surface area contributed by atoms with E-state index >= 15 is 0 Å². The molecule has 0 bridgehead atoms. The first kappa shape index (κ1) is 26.0. The summed E-state index contributed by atoms with van der Waals surface area (Å²) in [5.74, 6) is 0. The maximum absolute atomic E-state index is 6.90. The summed E-state index contributed by atoms with van der Waals surface area (Å²) in [7, 11) is 0. The average molecular weight is 601 g/mol. The number of benzene rings is 8. The van der Waals surface area contributed by atoms with Crippen LogP contribution in [0.5, 0.6) is 0 Å². The number of para-hydroxylation sites is 3. The topological polar surface area (TPSA) is 21.3 Å². The van der Waals surface area contributed by atoms with E-state index in [1.165, 1.54) is 37.8 Å². The van der Waals surface area contributed by atoms with E-state index in [2.05, 4.69) is 179 Å². The third-order valence-electron chi connectivity index (χ3n) is 9.50. The zero-order chi connectivity index (χ0) is 30.9. The first-order valence-corrected chi connectivity index (χ1v) is 16.0. The van der Waals surface area contributed by atoms with E-state index in [9.17, 15) is 0 Å². The Morgan fingerprint density at radius 3 is 1.70 bits per heavy atom. The van der Waals surface area contributed by atoms with Crippen LogP contribution in [0.4, 0.5) is 17.1 Å².